The molecule has 0 atom stereocenters. The first-order valence-electron chi connectivity index (χ1n) is 5.85. The van der Waals surface area contributed by atoms with E-state index < -0.39 is 0 Å². The maximum atomic E-state index is 13.1. The maximum absolute atomic E-state index is 13.1. The Labute approximate surface area is 119 Å². The van der Waals surface area contributed by atoms with Gasteiger partial charge in [-0.25, -0.2) is 4.39 Å². The number of hydrogen-bond acceptors (Lipinski definition) is 1. The number of hydrogen-bond donors (Lipinski definition) is 1. The lowest BCUT2D eigenvalue weighted by atomic mass is 10.1. The molecule has 2 aromatic carbocycles. The largest absolute Gasteiger partial charge is 0.348 e. The highest BCUT2D eigenvalue weighted by Crippen LogP contribution is 2.17. The number of benzene rings is 2. The Hall–Kier alpha value is -1.68. The minimum atomic E-state index is -0.379. The standard InChI is InChI=1S/C15H13BrFNO/c1-10-4-2-3-5-12(10)9-18-15(19)11-6-7-14(17)13(16)8-11/h2-8H,9H2,1H3,(H,18,19). The lowest BCUT2D eigenvalue weighted by Gasteiger charge is -2.08. The second-order valence-corrected chi connectivity index (χ2v) is 5.09. The summed E-state index contributed by atoms with van der Waals surface area (Å²) in [5.41, 5.74) is 2.63. The van der Waals surface area contributed by atoms with E-state index in [1.807, 2.05) is 31.2 Å². The summed E-state index contributed by atoms with van der Waals surface area (Å²) in [5.74, 6) is -0.598. The van der Waals surface area contributed by atoms with Crippen LogP contribution in [0.4, 0.5) is 4.39 Å². The van der Waals surface area contributed by atoms with Gasteiger partial charge in [0.25, 0.3) is 5.91 Å². The van der Waals surface area contributed by atoms with Crippen molar-refractivity contribution in [2.45, 2.75) is 13.5 Å². The van der Waals surface area contributed by atoms with E-state index in [4.69, 9.17) is 0 Å². The predicted molar refractivity (Wildman–Crippen MR) is 76.4 cm³/mol. The zero-order valence-electron chi connectivity index (χ0n) is 10.4. The van der Waals surface area contributed by atoms with E-state index in [1.54, 1.807) is 0 Å². The molecule has 0 unspecified atom stereocenters. The van der Waals surface area contributed by atoms with Crippen molar-refractivity contribution in [3.05, 3.63) is 69.4 Å². The molecular formula is C15H13BrFNO. The molecule has 0 fully saturated rings. The third kappa shape index (κ3) is 3.41. The van der Waals surface area contributed by atoms with Crippen molar-refractivity contribution in [3.8, 4) is 0 Å². The normalized spacial score (nSPS) is 10.3. The Morgan fingerprint density at radius 1 is 1.26 bits per heavy atom. The van der Waals surface area contributed by atoms with E-state index >= 15 is 0 Å². The van der Waals surface area contributed by atoms with Gasteiger partial charge in [0.05, 0.1) is 4.47 Å². The summed E-state index contributed by atoms with van der Waals surface area (Å²) in [4.78, 5) is 11.9. The van der Waals surface area contributed by atoms with E-state index in [0.29, 0.717) is 12.1 Å². The van der Waals surface area contributed by atoms with Crippen LogP contribution in [0.25, 0.3) is 0 Å². The second-order valence-electron chi connectivity index (χ2n) is 4.24. The van der Waals surface area contributed by atoms with Gasteiger partial charge in [-0.3, -0.25) is 4.79 Å². The fraction of sp³-hybridized carbons (Fsp3) is 0.133. The van der Waals surface area contributed by atoms with Crippen LogP contribution in [0.1, 0.15) is 21.5 Å². The molecule has 0 spiro atoms. The van der Waals surface area contributed by atoms with Gasteiger partial charge in [-0.15, -0.1) is 0 Å². The van der Waals surface area contributed by atoms with Crippen LogP contribution >= 0.6 is 15.9 Å². The molecule has 0 aliphatic heterocycles. The topological polar surface area (TPSA) is 29.1 Å². The molecule has 0 saturated carbocycles. The second kappa shape index (κ2) is 5.97. The van der Waals surface area contributed by atoms with Gasteiger partial charge in [-0.05, 0) is 52.2 Å². The van der Waals surface area contributed by atoms with Crippen LogP contribution in [0, 0.1) is 12.7 Å². The molecule has 0 radical (unpaired) electrons. The molecule has 4 heteroatoms. The van der Waals surface area contributed by atoms with E-state index in [0.717, 1.165) is 11.1 Å². The number of carbonyl (C=O) groups is 1. The molecule has 1 N–H and O–H groups in total. The van der Waals surface area contributed by atoms with Gasteiger partial charge >= 0.3 is 0 Å². The Kier molecular flexibility index (Phi) is 4.32. The molecule has 0 aromatic heterocycles. The van der Waals surface area contributed by atoms with Crippen LogP contribution in [0.5, 0.6) is 0 Å². The van der Waals surface area contributed by atoms with Gasteiger partial charge in [-0.2, -0.15) is 0 Å². The molecule has 2 aromatic rings. The summed E-state index contributed by atoms with van der Waals surface area (Å²) in [6.45, 7) is 2.45. The van der Waals surface area contributed by atoms with Gasteiger partial charge in [0, 0.05) is 12.1 Å². The average Bonchev–Trinajstić information content (AvgIpc) is 2.40. The smallest absolute Gasteiger partial charge is 0.251 e. The summed E-state index contributed by atoms with van der Waals surface area (Å²) in [6, 6.07) is 12.1. The highest BCUT2D eigenvalue weighted by molar-refractivity contribution is 9.10. The van der Waals surface area contributed by atoms with Crippen molar-refractivity contribution in [2.75, 3.05) is 0 Å². The molecule has 0 aliphatic carbocycles. The van der Waals surface area contributed by atoms with Crippen molar-refractivity contribution < 1.29 is 9.18 Å². The van der Waals surface area contributed by atoms with Crippen LogP contribution in [0.2, 0.25) is 0 Å². The van der Waals surface area contributed by atoms with Gasteiger partial charge in [0.1, 0.15) is 5.82 Å². The molecular weight excluding hydrogens is 309 g/mol. The summed E-state index contributed by atoms with van der Waals surface area (Å²) in [5, 5.41) is 2.82. The Morgan fingerprint density at radius 3 is 2.68 bits per heavy atom. The number of halogens is 2. The zero-order chi connectivity index (χ0) is 13.8. The lowest BCUT2D eigenvalue weighted by Crippen LogP contribution is -2.23. The van der Waals surface area contributed by atoms with Crippen molar-refractivity contribution >= 4 is 21.8 Å². The zero-order valence-corrected chi connectivity index (χ0v) is 12.0. The summed E-state index contributed by atoms with van der Waals surface area (Å²) in [6.07, 6.45) is 0. The first-order chi connectivity index (χ1) is 9.08. The Balaban J connectivity index is 2.05. The number of amides is 1. The van der Waals surface area contributed by atoms with Crippen molar-refractivity contribution in [1.29, 1.82) is 0 Å². The number of nitrogens with one attached hydrogen (secondary N) is 1. The molecule has 1 amide bonds. The molecule has 2 nitrogen and oxygen atoms in total. The molecule has 0 heterocycles. The first-order valence-corrected chi connectivity index (χ1v) is 6.65. The molecule has 0 aliphatic rings. The fourth-order valence-corrected chi connectivity index (χ4v) is 2.10. The summed E-state index contributed by atoms with van der Waals surface area (Å²) < 4.78 is 13.4. The molecule has 0 bridgehead atoms. The Bertz CT molecular complexity index is 613. The van der Waals surface area contributed by atoms with E-state index in [1.165, 1.54) is 18.2 Å². The monoisotopic (exact) mass is 321 g/mol. The third-order valence-electron chi connectivity index (χ3n) is 2.88. The van der Waals surface area contributed by atoms with Crippen molar-refractivity contribution in [1.82, 2.24) is 5.32 Å². The average molecular weight is 322 g/mol. The van der Waals surface area contributed by atoms with Crippen LogP contribution in [-0.2, 0) is 6.54 Å². The first kappa shape index (κ1) is 13.7. The number of carbonyl (C=O) groups excluding carboxylic acids is 1. The molecule has 2 rings (SSSR count). The quantitative estimate of drug-likeness (QED) is 0.914. The predicted octanol–water partition coefficient (Wildman–Crippen LogP) is 3.83. The van der Waals surface area contributed by atoms with Gasteiger partial charge in [0.2, 0.25) is 0 Å². The highest BCUT2D eigenvalue weighted by Gasteiger charge is 2.08. The van der Waals surface area contributed by atoms with E-state index in [2.05, 4.69) is 21.2 Å². The van der Waals surface area contributed by atoms with Crippen molar-refractivity contribution in [2.24, 2.45) is 0 Å². The molecule has 19 heavy (non-hydrogen) atoms. The fourth-order valence-electron chi connectivity index (χ4n) is 1.72. The van der Waals surface area contributed by atoms with Gasteiger partial charge < -0.3 is 5.32 Å². The summed E-state index contributed by atoms with van der Waals surface area (Å²) in [7, 11) is 0. The molecule has 98 valence electrons. The third-order valence-corrected chi connectivity index (χ3v) is 3.49. The van der Waals surface area contributed by atoms with E-state index in [9.17, 15) is 9.18 Å². The lowest BCUT2D eigenvalue weighted by molar-refractivity contribution is 0.0951. The molecule has 0 saturated heterocycles. The van der Waals surface area contributed by atoms with Crippen molar-refractivity contribution in [3.63, 3.8) is 0 Å². The summed E-state index contributed by atoms with van der Waals surface area (Å²) >= 11 is 3.07. The van der Waals surface area contributed by atoms with Crippen LogP contribution in [0.3, 0.4) is 0 Å². The minimum absolute atomic E-state index is 0.219. The number of rotatable bonds is 3. The number of aryl methyl sites for hydroxylation is 1. The van der Waals surface area contributed by atoms with Gasteiger partial charge in [0.15, 0.2) is 0 Å². The van der Waals surface area contributed by atoms with Crippen LogP contribution in [0.15, 0.2) is 46.9 Å². The van der Waals surface area contributed by atoms with Crippen LogP contribution in [-0.4, -0.2) is 5.91 Å². The highest BCUT2D eigenvalue weighted by atomic mass is 79.9. The van der Waals surface area contributed by atoms with Gasteiger partial charge in [-0.1, -0.05) is 24.3 Å². The van der Waals surface area contributed by atoms with Crippen LogP contribution < -0.4 is 5.32 Å². The SMILES string of the molecule is Cc1ccccc1CNC(=O)c1ccc(F)c(Br)c1. The van der Waals surface area contributed by atoms with E-state index in [-0.39, 0.29) is 16.2 Å². The minimum Gasteiger partial charge on any atom is -0.348 e. The maximum Gasteiger partial charge on any atom is 0.251 e. The Morgan fingerprint density at radius 2 is 2.00 bits per heavy atom.